The molecule has 3 rings (SSSR count). The average Bonchev–Trinajstić information content (AvgIpc) is 2.96. The van der Waals surface area contributed by atoms with Gasteiger partial charge in [0.2, 0.25) is 0 Å². The lowest BCUT2D eigenvalue weighted by Gasteiger charge is -2.04. The Labute approximate surface area is 132 Å². The molecule has 1 aromatic heterocycles. The van der Waals surface area contributed by atoms with Crippen LogP contribution in [0.5, 0.6) is 0 Å². The Balaban J connectivity index is 1.64. The second-order valence-corrected chi connectivity index (χ2v) is 6.00. The third-order valence-electron chi connectivity index (χ3n) is 3.27. The number of amides is 1. The molecule has 1 amide bonds. The van der Waals surface area contributed by atoms with Crippen LogP contribution in [0.1, 0.15) is 20.9 Å². The molecule has 1 heterocycles. The highest BCUT2D eigenvalue weighted by molar-refractivity contribution is 7.18. The third-order valence-corrected chi connectivity index (χ3v) is 4.30. The molecule has 0 radical (unpaired) electrons. The Kier molecular flexibility index (Phi) is 4.46. The molecule has 112 valence electrons. The van der Waals surface area contributed by atoms with Crippen molar-refractivity contribution < 1.29 is 9.53 Å². The number of carbonyl (C=O) groups is 1. The summed E-state index contributed by atoms with van der Waals surface area (Å²) in [6.45, 7) is 0.992. The van der Waals surface area contributed by atoms with Gasteiger partial charge in [0, 0.05) is 12.7 Å². The van der Waals surface area contributed by atoms with Crippen LogP contribution in [0.15, 0.2) is 48.5 Å². The monoisotopic (exact) mass is 312 g/mol. The molecular formula is C17H16N2O2S. The number of hydrogen-bond donors (Lipinski definition) is 1. The first-order valence-corrected chi connectivity index (χ1v) is 7.78. The Bertz CT molecular complexity index is 748. The number of thiazole rings is 1. The van der Waals surface area contributed by atoms with E-state index in [-0.39, 0.29) is 5.91 Å². The maximum Gasteiger partial charge on any atom is 0.251 e. The molecule has 22 heavy (non-hydrogen) atoms. The maximum absolute atomic E-state index is 12.1. The Morgan fingerprint density at radius 1 is 1.18 bits per heavy atom. The van der Waals surface area contributed by atoms with Gasteiger partial charge in [0.15, 0.2) is 0 Å². The fourth-order valence-electron chi connectivity index (χ4n) is 2.17. The molecule has 0 bridgehead atoms. The summed E-state index contributed by atoms with van der Waals surface area (Å²) in [7, 11) is 1.65. The number of para-hydroxylation sites is 1. The van der Waals surface area contributed by atoms with Crippen molar-refractivity contribution in [3.8, 4) is 0 Å². The van der Waals surface area contributed by atoms with Gasteiger partial charge in [-0.2, -0.15) is 0 Å². The lowest BCUT2D eigenvalue weighted by molar-refractivity contribution is 0.0951. The number of benzene rings is 2. The average molecular weight is 312 g/mol. The molecule has 3 aromatic rings. The zero-order valence-electron chi connectivity index (χ0n) is 12.2. The van der Waals surface area contributed by atoms with Crippen LogP contribution in [0.3, 0.4) is 0 Å². The molecule has 0 aliphatic carbocycles. The van der Waals surface area contributed by atoms with Crippen molar-refractivity contribution in [2.24, 2.45) is 0 Å². The summed E-state index contributed by atoms with van der Waals surface area (Å²) in [6.07, 6.45) is 0. The van der Waals surface area contributed by atoms with Crippen LogP contribution in [-0.4, -0.2) is 18.0 Å². The summed E-state index contributed by atoms with van der Waals surface area (Å²) in [4.78, 5) is 16.6. The molecule has 4 nitrogen and oxygen atoms in total. The zero-order valence-corrected chi connectivity index (χ0v) is 13.0. The number of nitrogens with one attached hydrogen (secondary N) is 1. The van der Waals surface area contributed by atoms with Crippen molar-refractivity contribution in [2.75, 3.05) is 7.11 Å². The van der Waals surface area contributed by atoms with Gasteiger partial charge in [0.25, 0.3) is 5.91 Å². The molecule has 0 atom stereocenters. The summed E-state index contributed by atoms with van der Waals surface area (Å²) in [5, 5.41) is 3.81. The van der Waals surface area contributed by atoms with Gasteiger partial charge >= 0.3 is 0 Å². The maximum atomic E-state index is 12.1. The van der Waals surface area contributed by atoms with E-state index in [1.807, 2.05) is 48.5 Å². The molecule has 5 heteroatoms. The van der Waals surface area contributed by atoms with E-state index in [1.54, 1.807) is 18.4 Å². The normalized spacial score (nSPS) is 10.8. The number of rotatable bonds is 5. The summed E-state index contributed by atoms with van der Waals surface area (Å²) in [5.74, 6) is -0.0942. The molecular weight excluding hydrogens is 296 g/mol. The molecule has 0 saturated carbocycles. The van der Waals surface area contributed by atoms with E-state index in [9.17, 15) is 4.79 Å². The zero-order chi connectivity index (χ0) is 15.4. The fraction of sp³-hybridized carbons (Fsp3) is 0.176. The first kappa shape index (κ1) is 14.7. The van der Waals surface area contributed by atoms with Gasteiger partial charge in [0.1, 0.15) is 5.01 Å². The van der Waals surface area contributed by atoms with Crippen molar-refractivity contribution in [2.45, 2.75) is 13.2 Å². The summed E-state index contributed by atoms with van der Waals surface area (Å²) in [5.41, 5.74) is 2.66. The molecule has 0 unspecified atom stereocenters. The minimum atomic E-state index is -0.0942. The van der Waals surface area contributed by atoms with Crippen LogP contribution in [-0.2, 0) is 17.9 Å². The molecule has 0 saturated heterocycles. The number of fused-ring (bicyclic) bond motifs is 1. The van der Waals surface area contributed by atoms with Gasteiger partial charge in [-0.25, -0.2) is 4.98 Å². The largest absolute Gasteiger partial charge is 0.380 e. The SMILES string of the molecule is COCc1ccc(C(=O)NCc2nc3ccccc3s2)cc1. The molecule has 0 spiro atoms. The molecule has 0 aliphatic rings. The molecule has 1 N–H and O–H groups in total. The number of aromatic nitrogens is 1. The van der Waals surface area contributed by atoms with Crippen molar-refractivity contribution in [3.63, 3.8) is 0 Å². The van der Waals surface area contributed by atoms with Crippen LogP contribution >= 0.6 is 11.3 Å². The smallest absolute Gasteiger partial charge is 0.251 e. The Hall–Kier alpha value is -2.24. The quantitative estimate of drug-likeness (QED) is 0.786. The third kappa shape index (κ3) is 3.32. The first-order valence-electron chi connectivity index (χ1n) is 6.97. The summed E-state index contributed by atoms with van der Waals surface area (Å²) in [6, 6.07) is 15.4. The summed E-state index contributed by atoms with van der Waals surface area (Å²) < 4.78 is 6.19. The lowest BCUT2D eigenvalue weighted by atomic mass is 10.1. The van der Waals surface area contributed by atoms with Gasteiger partial charge in [0.05, 0.1) is 23.4 Å². The van der Waals surface area contributed by atoms with E-state index < -0.39 is 0 Å². The molecule has 0 aliphatic heterocycles. The number of hydrogen-bond acceptors (Lipinski definition) is 4. The van der Waals surface area contributed by atoms with E-state index in [4.69, 9.17) is 4.74 Å². The first-order chi connectivity index (χ1) is 10.8. The van der Waals surface area contributed by atoms with Crippen LogP contribution in [0, 0.1) is 0 Å². The molecule has 0 fully saturated rings. The topological polar surface area (TPSA) is 51.2 Å². The summed E-state index contributed by atoms with van der Waals surface area (Å²) >= 11 is 1.60. The Morgan fingerprint density at radius 3 is 2.68 bits per heavy atom. The van der Waals surface area contributed by atoms with E-state index >= 15 is 0 Å². The van der Waals surface area contributed by atoms with Gasteiger partial charge in [-0.05, 0) is 29.8 Å². The van der Waals surface area contributed by atoms with E-state index in [0.717, 1.165) is 20.8 Å². The van der Waals surface area contributed by atoms with Crippen LogP contribution in [0.2, 0.25) is 0 Å². The van der Waals surface area contributed by atoms with Gasteiger partial charge in [-0.15, -0.1) is 11.3 Å². The number of carbonyl (C=O) groups excluding carboxylic acids is 1. The number of ether oxygens (including phenoxy) is 1. The van der Waals surface area contributed by atoms with Crippen LogP contribution in [0.25, 0.3) is 10.2 Å². The number of nitrogens with zero attached hydrogens (tertiary/aromatic N) is 1. The van der Waals surface area contributed by atoms with Gasteiger partial charge < -0.3 is 10.1 Å². The van der Waals surface area contributed by atoms with Crippen molar-refractivity contribution in [1.29, 1.82) is 0 Å². The predicted molar refractivity (Wildman–Crippen MR) is 87.9 cm³/mol. The second-order valence-electron chi connectivity index (χ2n) is 4.89. The van der Waals surface area contributed by atoms with E-state index in [0.29, 0.717) is 18.7 Å². The van der Waals surface area contributed by atoms with Gasteiger partial charge in [-0.1, -0.05) is 24.3 Å². The highest BCUT2D eigenvalue weighted by Gasteiger charge is 2.08. The van der Waals surface area contributed by atoms with Crippen molar-refractivity contribution >= 4 is 27.5 Å². The van der Waals surface area contributed by atoms with Crippen molar-refractivity contribution in [1.82, 2.24) is 10.3 Å². The van der Waals surface area contributed by atoms with E-state index in [2.05, 4.69) is 10.3 Å². The minimum Gasteiger partial charge on any atom is -0.380 e. The van der Waals surface area contributed by atoms with Crippen molar-refractivity contribution in [3.05, 3.63) is 64.7 Å². The highest BCUT2D eigenvalue weighted by atomic mass is 32.1. The fourth-order valence-corrected chi connectivity index (χ4v) is 3.08. The molecule has 2 aromatic carbocycles. The lowest BCUT2D eigenvalue weighted by Crippen LogP contribution is -2.22. The van der Waals surface area contributed by atoms with Crippen LogP contribution < -0.4 is 5.32 Å². The van der Waals surface area contributed by atoms with E-state index in [1.165, 1.54) is 0 Å². The minimum absolute atomic E-state index is 0.0942. The van der Waals surface area contributed by atoms with Crippen LogP contribution in [0.4, 0.5) is 0 Å². The standard InChI is InChI=1S/C17H16N2O2S/c1-21-11-12-6-8-13(9-7-12)17(20)18-10-16-19-14-4-2-3-5-15(14)22-16/h2-9H,10-11H2,1H3,(H,18,20). The predicted octanol–water partition coefficient (Wildman–Crippen LogP) is 3.37. The van der Waals surface area contributed by atoms with Gasteiger partial charge in [-0.3, -0.25) is 4.79 Å². The number of methoxy groups -OCH3 is 1. The second kappa shape index (κ2) is 6.68. The Morgan fingerprint density at radius 2 is 1.95 bits per heavy atom. The highest BCUT2D eigenvalue weighted by Crippen LogP contribution is 2.21.